The Balaban J connectivity index is 1.62. The van der Waals surface area contributed by atoms with Gasteiger partial charge in [0, 0.05) is 36.8 Å². The third-order valence-electron chi connectivity index (χ3n) is 4.68. The van der Waals surface area contributed by atoms with E-state index >= 15 is 0 Å². The molecule has 1 aliphatic carbocycles. The minimum atomic E-state index is 0.00671. The first-order valence-corrected chi connectivity index (χ1v) is 8.09. The van der Waals surface area contributed by atoms with Crippen molar-refractivity contribution in [1.29, 1.82) is 0 Å². The van der Waals surface area contributed by atoms with Gasteiger partial charge in [-0.15, -0.1) is 0 Å². The first-order valence-electron chi connectivity index (χ1n) is 8.09. The molecule has 1 saturated carbocycles. The summed E-state index contributed by atoms with van der Waals surface area (Å²) in [6, 6.07) is 7.66. The summed E-state index contributed by atoms with van der Waals surface area (Å²) < 4.78 is 0. The summed E-state index contributed by atoms with van der Waals surface area (Å²) >= 11 is 0. The van der Waals surface area contributed by atoms with E-state index in [0.29, 0.717) is 18.8 Å². The van der Waals surface area contributed by atoms with Gasteiger partial charge in [-0.3, -0.25) is 9.59 Å². The zero-order valence-electron chi connectivity index (χ0n) is 12.8. The van der Waals surface area contributed by atoms with E-state index in [4.69, 9.17) is 5.73 Å². The van der Waals surface area contributed by atoms with E-state index in [1.807, 2.05) is 24.3 Å². The maximum Gasteiger partial charge on any atom is 0.227 e. The Morgan fingerprint density at radius 1 is 1.32 bits per heavy atom. The summed E-state index contributed by atoms with van der Waals surface area (Å²) in [5, 5.41) is 2.94. The van der Waals surface area contributed by atoms with Crippen molar-refractivity contribution in [2.24, 2.45) is 11.7 Å². The topological polar surface area (TPSA) is 75.4 Å². The number of nitrogens with zero attached hydrogens (tertiary/aromatic N) is 1. The molecule has 118 valence electrons. The molecular weight excluding hydrogens is 278 g/mol. The highest BCUT2D eigenvalue weighted by Crippen LogP contribution is 2.28. The van der Waals surface area contributed by atoms with Crippen LogP contribution in [0.5, 0.6) is 0 Å². The van der Waals surface area contributed by atoms with E-state index in [-0.39, 0.29) is 17.9 Å². The van der Waals surface area contributed by atoms with Gasteiger partial charge in [-0.25, -0.2) is 0 Å². The lowest BCUT2D eigenvalue weighted by molar-refractivity contribution is -0.117. The van der Waals surface area contributed by atoms with Crippen molar-refractivity contribution in [2.75, 3.05) is 16.8 Å². The smallest absolute Gasteiger partial charge is 0.227 e. The lowest BCUT2D eigenvalue weighted by Crippen LogP contribution is -2.28. The molecule has 0 aromatic heterocycles. The van der Waals surface area contributed by atoms with Crippen molar-refractivity contribution in [3.63, 3.8) is 0 Å². The fourth-order valence-corrected chi connectivity index (χ4v) is 3.44. The predicted molar refractivity (Wildman–Crippen MR) is 86.6 cm³/mol. The van der Waals surface area contributed by atoms with Gasteiger partial charge in [0.25, 0.3) is 0 Å². The summed E-state index contributed by atoms with van der Waals surface area (Å²) in [6.45, 7) is 0.757. The van der Waals surface area contributed by atoms with Crippen LogP contribution in [0.1, 0.15) is 38.5 Å². The van der Waals surface area contributed by atoms with Crippen LogP contribution in [-0.4, -0.2) is 24.4 Å². The van der Waals surface area contributed by atoms with Crippen LogP contribution in [0.25, 0.3) is 0 Å². The standard InChI is InChI=1S/C17H23N3O2/c18-15-7-1-4-12(15)10-16(21)19-13-5-2-6-14(11-13)20-9-3-8-17(20)22/h2,5-6,11-12,15H,1,3-4,7-10,18H2,(H,19,21)/t12-,15+/m0/s1. The van der Waals surface area contributed by atoms with Crippen molar-refractivity contribution in [3.8, 4) is 0 Å². The maximum atomic E-state index is 12.2. The van der Waals surface area contributed by atoms with Crippen molar-refractivity contribution in [3.05, 3.63) is 24.3 Å². The molecule has 0 radical (unpaired) electrons. The first kappa shape index (κ1) is 15.0. The van der Waals surface area contributed by atoms with E-state index in [9.17, 15) is 9.59 Å². The van der Waals surface area contributed by atoms with Gasteiger partial charge in [-0.1, -0.05) is 12.5 Å². The zero-order chi connectivity index (χ0) is 15.5. The Morgan fingerprint density at radius 3 is 2.86 bits per heavy atom. The fourth-order valence-electron chi connectivity index (χ4n) is 3.44. The van der Waals surface area contributed by atoms with Crippen LogP contribution in [0, 0.1) is 5.92 Å². The van der Waals surface area contributed by atoms with Gasteiger partial charge >= 0.3 is 0 Å². The maximum absolute atomic E-state index is 12.2. The quantitative estimate of drug-likeness (QED) is 0.895. The van der Waals surface area contributed by atoms with E-state index in [2.05, 4.69) is 5.32 Å². The second-order valence-electron chi connectivity index (χ2n) is 6.31. The third kappa shape index (κ3) is 3.30. The molecule has 22 heavy (non-hydrogen) atoms. The van der Waals surface area contributed by atoms with Gasteiger partial charge in [-0.2, -0.15) is 0 Å². The van der Waals surface area contributed by atoms with Crippen LogP contribution in [0.3, 0.4) is 0 Å². The molecule has 2 fully saturated rings. The molecule has 2 aliphatic rings. The number of carbonyl (C=O) groups is 2. The normalized spacial score (nSPS) is 24.8. The van der Waals surface area contributed by atoms with Gasteiger partial charge in [0.05, 0.1) is 0 Å². The molecular formula is C17H23N3O2. The minimum Gasteiger partial charge on any atom is -0.327 e. The van der Waals surface area contributed by atoms with Gasteiger partial charge in [0.2, 0.25) is 11.8 Å². The first-order chi connectivity index (χ1) is 10.6. The van der Waals surface area contributed by atoms with Crippen LogP contribution >= 0.6 is 0 Å². The second kappa shape index (κ2) is 6.48. The number of hydrogen-bond acceptors (Lipinski definition) is 3. The molecule has 1 heterocycles. The van der Waals surface area contributed by atoms with Crippen molar-refractivity contribution < 1.29 is 9.59 Å². The summed E-state index contributed by atoms with van der Waals surface area (Å²) in [5.41, 5.74) is 7.62. The van der Waals surface area contributed by atoms with Crippen LogP contribution in [0.2, 0.25) is 0 Å². The number of nitrogens with two attached hydrogens (primary N) is 1. The number of rotatable bonds is 4. The van der Waals surface area contributed by atoms with Crippen LogP contribution in [-0.2, 0) is 9.59 Å². The Hall–Kier alpha value is -1.88. The highest BCUT2D eigenvalue weighted by atomic mass is 16.2. The van der Waals surface area contributed by atoms with E-state index < -0.39 is 0 Å². The molecule has 2 atom stereocenters. The van der Waals surface area contributed by atoms with Crippen molar-refractivity contribution in [1.82, 2.24) is 0 Å². The number of nitrogens with one attached hydrogen (secondary N) is 1. The summed E-state index contributed by atoms with van der Waals surface area (Å²) in [5.74, 6) is 0.455. The second-order valence-corrected chi connectivity index (χ2v) is 6.31. The molecule has 2 amide bonds. The number of amides is 2. The molecule has 0 unspecified atom stereocenters. The van der Waals surface area contributed by atoms with Gasteiger partial charge < -0.3 is 16.0 Å². The van der Waals surface area contributed by atoms with E-state index in [0.717, 1.165) is 43.6 Å². The molecule has 1 aromatic carbocycles. The van der Waals surface area contributed by atoms with Crippen molar-refractivity contribution in [2.45, 2.75) is 44.6 Å². The van der Waals surface area contributed by atoms with Gasteiger partial charge in [-0.05, 0) is 43.4 Å². The molecule has 3 rings (SSSR count). The number of anilines is 2. The van der Waals surface area contributed by atoms with Crippen LogP contribution in [0.15, 0.2) is 24.3 Å². The van der Waals surface area contributed by atoms with Crippen molar-refractivity contribution >= 4 is 23.2 Å². The number of benzene rings is 1. The summed E-state index contributed by atoms with van der Waals surface area (Å²) in [4.78, 5) is 25.7. The van der Waals surface area contributed by atoms with E-state index in [1.54, 1.807) is 4.90 Å². The molecule has 1 aliphatic heterocycles. The molecule has 0 bridgehead atoms. The molecule has 1 aromatic rings. The SMILES string of the molecule is N[C@@H]1CCC[C@H]1CC(=O)Nc1cccc(N2CCCC2=O)c1. The summed E-state index contributed by atoms with van der Waals surface area (Å²) in [7, 11) is 0. The Kier molecular flexibility index (Phi) is 4.43. The largest absolute Gasteiger partial charge is 0.327 e. The molecule has 1 saturated heterocycles. The van der Waals surface area contributed by atoms with Gasteiger partial charge in [0.15, 0.2) is 0 Å². The van der Waals surface area contributed by atoms with E-state index in [1.165, 1.54) is 0 Å². The average molecular weight is 301 g/mol. The lowest BCUT2D eigenvalue weighted by Gasteiger charge is -2.18. The number of hydrogen-bond donors (Lipinski definition) is 2. The average Bonchev–Trinajstić information content (AvgIpc) is 3.08. The highest BCUT2D eigenvalue weighted by molar-refractivity contribution is 5.97. The Morgan fingerprint density at radius 2 is 2.18 bits per heavy atom. The fraction of sp³-hybridized carbons (Fsp3) is 0.529. The van der Waals surface area contributed by atoms with Crippen LogP contribution < -0.4 is 16.0 Å². The third-order valence-corrected chi connectivity index (χ3v) is 4.68. The summed E-state index contributed by atoms with van der Waals surface area (Å²) in [6.07, 6.45) is 5.16. The van der Waals surface area contributed by atoms with Crippen LogP contribution in [0.4, 0.5) is 11.4 Å². The lowest BCUT2D eigenvalue weighted by atomic mass is 10.00. The zero-order valence-corrected chi connectivity index (χ0v) is 12.8. The molecule has 3 N–H and O–H groups in total. The predicted octanol–water partition coefficient (Wildman–Crippen LogP) is 2.27. The molecule has 0 spiro atoms. The number of carbonyl (C=O) groups excluding carboxylic acids is 2. The Labute approximate surface area is 130 Å². The monoisotopic (exact) mass is 301 g/mol. The molecule has 5 nitrogen and oxygen atoms in total. The minimum absolute atomic E-state index is 0.00671. The molecule has 5 heteroatoms. The Bertz CT molecular complexity index is 573. The highest BCUT2D eigenvalue weighted by Gasteiger charge is 2.26. The van der Waals surface area contributed by atoms with Gasteiger partial charge in [0.1, 0.15) is 0 Å².